The molecule has 0 saturated heterocycles. The van der Waals surface area contributed by atoms with E-state index in [1.165, 1.54) is 37.6 Å². The Morgan fingerprint density at radius 3 is 2.68 bits per heavy atom. The smallest absolute Gasteiger partial charge is 0.338 e. The molecular formula is C16H12ClN3O5. The summed E-state index contributed by atoms with van der Waals surface area (Å²) in [5.74, 6) is -0.930. The summed E-state index contributed by atoms with van der Waals surface area (Å²) in [4.78, 5) is 37.7. The van der Waals surface area contributed by atoms with E-state index in [1.807, 2.05) is 0 Å². The number of anilines is 1. The molecular weight excluding hydrogens is 350 g/mol. The van der Waals surface area contributed by atoms with Crippen LogP contribution in [0, 0.1) is 10.1 Å². The Kier molecular flexibility index (Phi) is 5.80. The predicted molar refractivity (Wildman–Crippen MR) is 91.3 cm³/mol. The fraction of sp³-hybridized carbons (Fsp3) is 0.0625. The van der Waals surface area contributed by atoms with Gasteiger partial charge in [-0.3, -0.25) is 14.9 Å². The van der Waals surface area contributed by atoms with Crippen molar-refractivity contribution in [1.29, 1.82) is 0 Å². The molecule has 1 heterocycles. The van der Waals surface area contributed by atoms with Gasteiger partial charge in [0.25, 0.3) is 5.69 Å². The number of aromatic nitrogens is 1. The average molecular weight is 362 g/mol. The van der Waals surface area contributed by atoms with Crippen molar-refractivity contribution in [3.63, 3.8) is 0 Å². The zero-order valence-corrected chi connectivity index (χ0v) is 13.7. The van der Waals surface area contributed by atoms with Crippen LogP contribution in [0.1, 0.15) is 15.9 Å². The van der Waals surface area contributed by atoms with Crippen molar-refractivity contribution in [2.24, 2.45) is 0 Å². The molecule has 1 N–H and O–H groups in total. The molecule has 25 heavy (non-hydrogen) atoms. The lowest BCUT2D eigenvalue weighted by Gasteiger charge is -2.03. The normalized spacial score (nSPS) is 10.5. The van der Waals surface area contributed by atoms with Crippen LogP contribution >= 0.6 is 11.6 Å². The fourth-order valence-corrected chi connectivity index (χ4v) is 1.98. The Morgan fingerprint density at radius 2 is 2.08 bits per heavy atom. The van der Waals surface area contributed by atoms with E-state index in [1.54, 1.807) is 6.07 Å². The number of halogens is 1. The number of hydrogen-bond acceptors (Lipinski definition) is 6. The fourth-order valence-electron chi connectivity index (χ4n) is 1.87. The molecule has 9 heteroatoms. The van der Waals surface area contributed by atoms with Gasteiger partial charge in [-0.15, -0.1) is 0 Å². The van der Waals surface area contributed by atoms with Gasteiger partial charge in [0.05, 0.1) is 28.2 Å². The number of pyridine rings is 1. The number of rotatable bonds is 5. The van der Waals surface area contributed by atoms with Crippen molar-refractivity contribution in [2.75, 3.05) is 12.4 Å². The standard InChI is InChI=1S/C16H12ClN3O5/c1-25-16(22)11-3-2-10(13(8-11)20(23)24)4-7-15(21)19-14-6-5-12(17)9-18-14/h2-9H,1H3,(H,18,19,21)/b7-4+. The van der Waals surface area contributed by atoms with Crippen LogP contribution in [-0.4, -0.2) is 28.9 Å². The van der Waals surface area contributed by atoms with Gasteiger partial charge in [0, 0.05) is 18.3 Å². The molecule has 0 atom stereocenters. The van der Waals surface area contributed by atoms with E-state index in [-0.39, 0.29) is 22.6 Å². The first-order valence-corrected chi connectivity index (χ1v) is 7.26. The Bertz CT molecular complexity index is 849. The molecule has 0 saturated carbocycles. The maximum absolute atomic E-state index is 11.9. The molecule has 8 nitrogen and oxygen atoms in total. The SMILES string of the molecule is COC(=O)c1ccc(/C=C/C(=O)Nc2ccc(Cl)cn2)c([N+](=O)[O-])c1. The van der Waals surface area contributed by atoms with Crippen molar-refractivity contribution >= 4 is 41.1 Å². The van der Waals surface area contributed by atoms with Crippen molar-refractivity contribution < 1.29 is 19.2 Å². The molecule has 0 aliphatic rings. The zero-order chi connectivity index (χ0) is 18.4. The number of nitrogens with zero attached hydrogens (tertiary/aromatic N) is 2. The van der Waals surface area contributed by atoms with E-state index in [9.17, 15) is 19.7 Å². The zero-order valence-electron chi connectivity index (χ0n) is 12.9. The number of nitro benzene ring substituents is 1. The van der Waals surface area contributed by atoms with Crippen molar-refractivity contribution in [3.05, 3.63) is 68.9 Å². The minimum absolute atomic E-state index is 0.0427. The number of hydrogen-bond donors (Lipinski definition) is 1. The monoisotopic (exact) mass is 361 g/mol. The van der Waals surface area contributed by atoms with Gasteiger partial charge in [-0.25, -0.2) is 9.78 Å². The summed E-state index contributed by atoms with van der Waals surface area (Å²) in [5.41, 5.74) is -0.116. The summed E-state index contributed by atoms with van der Waals surface area (Å²) in [6, 6.07) is 6.89. The van der Waals surface area contributed by atoms with E-state index in [0.717, 1.165) is 12.1 Å². The number of nitrogens with one attached hydrogen (secondary N) is 1. The third-order valence-electron chi connectivity index (χ3n) is 3.04. The highest BCUT2D eigenvalue weighted by molar-refractivity contribution is 6.30. The Labute approximate surface area is 147 Å². The highest BCUT2D eigenvalue weighted by atomic mass is 35.5. The number of carbonyl (C=O) groups excluding carboxylic acids is 2. The van der Waals surface area contributed by atoms with Gasteiger partial charge in [-0.1, -0.05) is 11.6 Å². The van der Waals surface area contributed by atoms with Crippen molar-refractivity contribution in [3.8, 4) is 0 Å². The van der Waals surface area contributed by atoms with Crippen LogP contribution in [0.5, 0.6) is 0 Å². The van der Waals surface area contributed by atoms with Gasteiger partial charge in [0.2, 0.25) is 5.91 Å². The molecule has 128 valence electrons. The quantitative estimate of drug-likeness (QED) is 0.379. The molecule has 0 radical (unpaired) electrons. The van der Waals surface area contributed by atoms with Crippen molar-refractivity contribution in [1.82, 2.24) is 4.98 Å². The number of methoxy groups -OCH3 is 1. The molecule has 1 amide bonds. The second-order valence-corrected chi connectivity index (χ2v) is 5.14. The minimum Gasteiger partial charge on any atom is -0.465 e. The van der Waals surface area contributed by atoms with Crippen LogP contribution in [0.15, 0.2) is 42.6 Å². The number of benzene rings is 1. The Morgan fingerprint density at radius 1 is 1.32 bits per heavy atom. The number of carbonyl (C=O) groups is 2. The van der Waals surface area contributed by atoms with Crippen LogP contribution in [0.2, 0.25) is 5.02 Å². The molecule has 1 aromatic heterocycles. The van der Waals surface area contributed by atoms with Crippen LogP contribution in [-0.2, 0) is 9.53 Å². The van der Waals surface area contributed by atoms with Crippen LogP contribution < -0.4 is 5.32 Å². The van der Waals surface area contributed by atoms with Crippen LogP contribution in [0.4, 0.5) is 11.5 Å². The number of ether oxygens (including phenoxy) is 1. The van der Waals surface area contributed by atoms with Gasteiger partial charge in [0.1, 0.15) is 5.82 Å². The third kappa shape index (κ3) is 4.85. The predicted octanol–water partition coefficient (Wildman–Crippen LogP) is 3.08. The molecule has 0 aliphatic heterocycles. The molecule has 0 unspecified atom stereocenters. The first-order valence-electron chi connectivity index (χ1n) is 6.88. The molecule has 0 fully saturated rings. The van der Waals surface area contributed by atoms with E-state index in [2.05, 4.69) is 15.0 Å². The highest BCUT2D eigenvalue weighted by Gasteiger charge is 2.16. The first-order chi connectivity index (χ1) is 11.9. The lowest BCUT2D eigenvalue weighted by Crippen LogP contribution is -2.09. The van der Waals surface area contributed by atoms with E-state index in [0.29, 0.717) is 5.02 Å². The maximum Gasteiger partial charge on any atom is 0.338 e. The van der Waals surface area contributed by atoms with E-state index >= 15 is 0 Å². The summed E-state index contributed by atoms with van der Waals surface area (Å²) >= 11 is 5.70. The second kappa shape index (κ2) is 8.02. The number of esters is 1. The molecule has 0 spiro atoms. The molecule has 1 aromatic carbocycles. The summed E-state index contributed by atoms with van der Waals surface area (Å²) in [6.45, 7) is 0. The topological polar surface area (TPSA) is 111 Å². The van der Waals surface area contributed by atoms with Crippen LogP contribution in [0.3, 0.4) is 0 Å². The van der Waals surface area contributed by atoms with E-state index in [4.69, 9.17) is 11.6 Å². The van der Waals surface area contributed by atoms with Gasteiger partial charge < -0.3 is 10.1 Å². The lowest BCUT2D eigenvalue weighted by atomic mass is 10.1. The molecule has 0 bridgehead atoms. The number of nitro groups is 1. The summed E-state index contributed by atoms with van der Waals surface area (Å²) in [6.07, 6.45) is 3.76. The van der Waals surface area contributed by atoms with E-state index < -0.39 is 16.8 Å². The van der Waals surface area contributed by atoms with Crippen molar-refractivity contribution in [2.45, 2.75) is 0 Å². The largest absolute Gasteiger partial charge is 0.465 e. The van der Waals surface area contributed by atoms with Crippen LogP contribution in [0.25, 0.3) is 6.08 Å². The summed E-state index contributed by atoms with van der Waals surface area (Å²) < 4.78 is 4.52. The Hall–Kier alpha value is -3.26. The molecule has 2 aromatic rings. The third-order valence-corrected chi connectivity index (χ3v) is 3.26. The first kappa shape index (κ1) is 18.1. The summed E-state index contributed by atoms with van der Waals surface area (Å²) in [7, 11) is 1.18. The van der Waals surface area contributed by atoms with Gasteiger partial charge in [0.15, 0.2) is 0 Å². The second-order valence-electron chi connectivity index (χ2n) is 4.71. The number of amides is 1. The summed E-state index contributed by atoms with van der Waals surface area (Å²) in [5, 5.41) is 14.1. The lowest BCUT2D eigenvalue weighted by molar-refractivity contribution is -0.385. The molecule has 2 rings (SSSR count). The van der Waals surface area contributed by atoms with Gasteiger partial charge in [-0.2, -0.15) is 0 Å². The van der Waals surface area contributed by atoms with Gasteiger partial charge in [-0.05, 0) is 30.3 Å². The maximum atomic E-state index is 11.9. The molecule has 0 aliphatic carbocycles. The highest BCUT2D eigenvalue weighted by Crippen LogP contribution is 2.22. The average Bonchev–Trinajstić information content (AvgIpc) is 2.61. The Balaban J connectivity index is 2.18. The van der Waals surface area contributed by atoms with Gasteiger partial charge >= 0.3 is 5.97 Å². The minimum atomic E-state index is -0.690.